The normalized spacial score (nSPS) is 10.9. The van der Waals surface area contributed by atoms with Gasteiger partial charge in [-0.2, -0.15) is 0 Å². The van der Waals surface area contributed by atoms with Crippen LogP contribution in [0.15, 0.2) is 53.4 Å². The molecule has 0 radical (unpaired) electrons. The van der Waals surface area contributed by atoms with Gasteiger partial charge in [0.2, 0.25) is 0 Å². The van der Waals surface area contributed by atoms with Crippen LogP contribution >= 0.6 is 35.3 Å². The maximum absolute atomic E-state index is 5.39. The molecule has 0 N–H and O–H groups in total. The minimum absolute atomic E-state index is 0.790. The van der Waals surface area contributed by atoms with Crippen LogP contribution in [0.4, 0.5) is 0 Å². The minimum Gasteiger partial charge on any atom is -0.337 e. The van der Waals surface area contributed by atoms with E-state index in [1.165, 1.54) is 0 Å². The zero-order chi connectivity index (χ0) is 14.5. The molecule has 0 bridgehead atoms. The van der Waals surface area contributed by atoms with Gasteiger partial charge >= 0.3 is 0 Å². The number of imidazole rings is 1. The summed E-state index contributed by atoms with van der Waals surface area (Å²) >= 11 is 8.72. The smallest absolute Gasteiger partial charge is 0.184 e. The molecule has 0 amide bonds. The number of aryl methyl sites for hydroxylation is 1. The SMILES string of the molecule is S=c1sc(SCCCn2ccnc2)nn1-c1ccccc1. The number of para-hydroxylation sites is 1. The number of thioether (sulfide) groups is 1. The number of hydrogen-bond donors (Lipinski definition) is 0. The summed E-state index contributed by atoms with van der Waals surface area (Å²) in [6, 6.07) is 10.0. The van der Waals surface area contributed by atoms with Crippen molar-refractivity contribution >= 4 is 35.3 Å². The average molecular weight is 334 g/mol. The van der Waals surface area contributed by atoms with Gasteiger partial charge in [0.25, 0.3) is 0 Å². The number of rotatable bonds is 6. The Kier molecular flexibility index (Phi) is 4.84. The fourth-order valence-electron chi connectivity index (χ4n) is 1.88. The molecule has 1 aromatic carbocycles. The zero-order valence-electron chi connectivity index (χ0n) is 11.3. The van der Waals surface area contributed by atoms with Crippen LogP contribution in [0.5, 0.6) is 0 Å². The van der Waals surface area contributed by atoms with E-state index < -0.39 is 0 Å². The van der Waals surface area contributed by atoms with E-state index in [-0.39, 0.29) is 0 Å². The summed E-state index contributed by atoms with van der Waals surface area (Å²) < 4.78 is 5.73. The van der Waals surface area contributed by atoms with Crippen molar-refractivity contribution in [1.29, 1.82) is 0 Å². The van der Waals surface area contributed by atoms with Gasteiger partial charge in [-0.05, 0) is 30.8 Å². The van der Waals surface area contributed by atoms with Crippen molar-refractivity contribution in [1.82, 2.24) is 19.3 Å². The lowest BCUT2D eigenvalue weighted by Gasteiger charge is -2.00. The van der Waals surface area contributed by atoms with Crippen molar-refractivity contribution in [2.45, 2.75) is 17.3 Å². The quantitative estimate of drug-likeness (QED) is 0.387. The van der Waals surface area contributed by atoms with Gasteiger partial charge in [-0.25, -0.2) is 9.67 Å². The molecule has 0 spiro atoms. The molecular formula is C14H14N4S3. The van der Waals surface area contributed by atoms with Crippen LogP contribution in [0, 0.1) is 3.95 Å². The largest absolute Gasteiger partial charge is 0.337 e. The van der Waals surface area contributed by atoms with Crippen LogP contribution in [0.3, 0.4) is 0 Å². The summed E-state index contributed by atoms with van der Waals surface area (Å²) in [6.07, 6.45) is 6.72. The average Bonchev–Trinajstić information content (AvgIpc) is 3.14. The van der Waals surface area contributed by atoms with Crippen molar-refractivity contribution in [2.75, 3.05) is 5.75 Å². The maximum Gasteiger partial charge on any atom is 0.184 e. The van der Waals surface area contributed by atoms with Crippen LogP contribution in [0.1, 0.15) is 6.42 Å². The van der Waals surface area contributed by atoms with Gasteiger partial charge in [0.05, 0.1) is 12.0 Å². The van der Waals surface area contributed by atoms with Crippen LogP contribution < -0.4 is 0 Å². The molecule has 21 heavy (non-hydrogen) atoms. The van der Waals surface area contributed by atoms with Gasteiger partial charge in [0, 0.05) is 24.7 Å². The van der Waals surface area contributed by atoms with E-state index in [1.807, 2.05) is 47.5 Å². The Bertz CT molecular complexity index is 731. The molecule has 3 aromatic rings. The molecule has 2 heterocycles. The second kappa shape index (κ2) is 7.02. The van der Waals surface area contributed by atoms with Crippen LogP contribution in [-0.4, -0.2) is 25.1 Å². The van der Waals surface area contributed by atoms with Gasteiger partial charge in [0.1, 0.15) is 0 Å². The molecule has 3 rings (SSSR count). The van der Waals surface area contributed by atoms with E-state index in [4.69, 9.17) is 12.2 Å². The third-order valence-corrected chi connectivity index (χ3v) is 5.33. The second-order valence-electron chi connectivity index (χ2n) is 4.38. The van der Waals surface area contributed by atoms with E-state index in [0.717, 1.165) is 32.7 Å². The number of nitrogens with zero attached hydrogens (tertiary/aromatic N) is 4. The molecule has 2 aromatic heterocycles. The molecule has 0 atom stereocenters. The van der Waals surface area contributed by atoms with Crippen molar-refractivity contribution in [2.24, 2.45) is 0 Å². The van der Waals surface area contributed by atoms with Gasteiger partial charge in [0.15, 0.2) is 8.29 Å². The van der Waals surface area contributed by atoms with E-state index in [9.17, 15) is 0 Å². The lowest BCUT2D eigenvalue weighted by atomic mass is 10.3. The predicted molar refractivity (Wildman–Crippen MR) is 89.8 cm³/mol. The summed E-state index contributed by atoms with van der Waals surface area (Å²) in [6.45, 7) is 0.984. The van der Waals surface area contributed by atoms with E-state index >= 15 is 0 Å². The van der Waals surface area contributed by atoms with Gasteiger partial charge < -0.3 is 4.57 Å². The van der Waals surface area contributed by atoms with Crippen LogP contribution in [0.2, 0.25) is 0 Å². The maximum atomic E-state index is 5.39. The first-order valence-corrected chi connectivity index (χ1v) is 8.78. The molecular weight excluding hydrogens is 320 g/mol. The highest BCUT2D eigenvalue weighted by Gasteiger charge is 2.05. The highest BCUT2D eigenvalue weighted by atomic mass is 32.2. The Hall–Kier alpha value is -1.44. The first kappa shape index (κ1) is 14.5. The molecule has 4 nitrogen and oxygen atoms in total. The van der Waals surface area contributed by atoms with Crippen molar-refractivity contribution in [3.63, 3.8) is 0 Å². The zero-order valence-corrected chi connectivity index (χ0v) is 13.7. The van der Waals surface area contributed by atoms with Gasteiger partial charge in [-0.1, -0.05) is 41.3 Å². The molecule has 0 aliphatic rings. The van der Waals surface area contributed by atoms with E-state index in [0.29, 0.717) is 0 Å². The molecule has 0 unspecified atom stereocenters. The summed E-state index contributed by atoms with van der Waals surface area (Å²) in [4.78, 5) is 4.04. The Morgan fingerprint density at radius 2 is 2.10 bits per heavy atom. The summed E-state index contributed by atoms with van der Waals surface area (Å²) in [5, 5.41) is 4.59. The Labute approximate surface area is 136 Å². The van der Waals surface area contributed by atoms with Crippen molar-refractivity contribution in [3.8, 4) is 5.69 Å². The number of hydrogen-bond acceptors (Lipinski definition) is 5. The number of aromatic nitrogens is 4. The first-order chi connectivity index (χ1) is 10.3. The lowest BCUT2D eigenvalue weighted by molar-refractivity contribution is 0.683. The van der Waals surface area contributed by atoms with Gasteiger partial charge in [-0.15, -0.1) is 5.10 Å². The minimum atomic E-state index is 0.790. The third-order valence-electron chi connectivity index (χ3n) is 2.88. The Morgan fingerprint density at radius 3 is 2.86 bits per heavy atom. The molecule has 108 valence electrons. The standard InChI is InChI=1S/C14H14N4S3/c19-14-18(12-5-2-1-3-6-12)16-13(21-14)20-10-4-8-17-9-7-15-11-17/h1-3,5-7,9,11H,4,8,10H2. The molecule has 7 heteroatoms. The Morgan fingerprint density at radius 1 is 1.24 bits per heavy atom. The fourth-order valence-corrected chi connectivity index (χ4v) is 4.23. The highest BCUT2D eigenvalue weighted by molar-refractivity contribution is 8.01. The molecule has 0 aliphatic carbocycles. The monoisotopic (exact) mass is 334 g/mol. The molecule has 0 saturated heterocycles. The Balaban J connectivity index is 1.58. The summed E-state index contributed by atoms with van der Waals surface area (Å²) in [7, 11) is 0. The van der Waals surface area contributed by atoms with Crippen LogP contribution in [0.25, 0.3) is 5.69 Å². The first-order valence-electron chi connectivity index (χ1n) is 6.57. The molecule has 0 fully saturated rings. The van der Waals surface area contributed by atoms with Gasteiger partial charge in [-0.3, -0.25) is 0 Å². The lowest BCUT2D eigenvalue weighted by Crippen LogP contribution is -1.97. The van der Waals surface area contributed by atoms with E-state index in [2.05, 4.69) is 14.6 Å². The highest BCUT2D eigenvalue weighted by Crippen LogP contribution is 2.24. The second-order valence-corrected chi connectivity index (χ2v) is 7.35. The summed E-state index contributed by atoms with van der Waals surface area (Å²) in [5.41, 5.74) is 1.02. The molecule has 0 saturated carbocycles. The number of benzene rings is 1. The summed E-state index contributed by atoms with van der Waals surface area (Å²) in [5.74, 6) is 1.02. The van der Waals surface area contributed by atoms with Crippen molar-refractivity contribution in [3.05, 3.63) is 53.0 Å². The predicted octanol–water partition coefficient (Wildman–Crippen LogP) is 4.04. The topological polar surface area (TPSA) is 35.6 Å². The van der Waals surface area contributed by atoms with Crippen molar-refractivity contribution < 1.29 is 0 Å². The molecule has 0 aliphatic heterocycles. The fraction of sp³-hybridized carbons (Fsp3) is 0.214. The van der Waals surface area contributed by atoms with E-state index in [1.54, 1.807) is 29.3 Å². The van der Waals surface area contributed by atoms with Crippen LogP contribution in [-0.2, 0) is 6.54 Å². The third kappa shape index (κ3) is 3.81.